The van der Waals surface area contributed by atoms with Gasteiger partial charge in [0.2, 0.25) is 0 Å². The highest BCUT2D eigenvalue weighted by atomic mass is 35.5. The van der Waals surface area contributed by atoms with E-state index in [0.29, 0.717) is 0 Å². The number of hydrogen-bond donors (Lipinski definition) is 1. The predicted octanol–water partition coefficient (Wildman–Crippen LogP) is 0.621. The molecule has 0 saturated heterocycles. The zero-order chi connectivity index (χ0) is 6.24. The molecule has 6 heteroatoms. The number of hydrogen-bond acceptors (Lipinski definition) is 3. The highest BCUT2D eigenvalue weighted by Gasteiger charge is 1.58. The summed E-state index contributed by atoms with van der Waals surface area (Å²) in [7, 11) is 0. The fraction of sp³-hybridized carbons (Fsp3) is 0.500. The summed E-state index contributed by atoms with van der Waals surface area (Å²) in [6.07, 6.45) is 1.33. The zero-order valence-electron chi connectivity index (χ0n) is 3.88. The van der Waals surface area contributed by atoms with Crippen molar-refractivity contribution >= 4 is 23.2 Å². The SMILES string of the molecule is ClCCl.c1nn[nH]n1. The predicted molar refractivity (Wildman–Crippen MR) is 30.8 cm³/mol. The Labute approximate surface area is 56.2 Å². The number of halogens is 2. The van der Waals surface area contributed by atoms with Crippen LogP contribution in [0.4, 0.5) is 0 Å². The van der Waals surface area contributed by atoms with Gasteiger partial charge in [-0.3, -0.25) is 0 Å². The lowest BCUT2D eigenvalue weighted by Crippen LogP contribution is -1.64. The molecule has 0 radical (unpaired) electrons. The maximum atomic E-state index is 4.76. The van der Waals surface area contributed by atoms with Crippen molar-refractivity contribution in [2.45, 2.75) is 0 Å². The Balaban J connectivity index is 0.000000145. The number of nitrogens with one attached hydrogen (secondary N) is 1. The first-order valence-corrected chi connectivity index (χ1v) is 2.77. The molecule has 0 aliphatic carbocycles. The molecule has 0 aliphatic rings. The van der Waals surface area contributed by atoms with Gasteiger partial charge in [0.1, 0.15) is 0 Å². The fourth-order valence-corrected chi connectivity index (χ4v) is 0.129. The van der Waals surface area contributed by atoms with E-state index in [1.165, 1.54) is 6.33 Å². The molecule has 4 nitrogen and oxygen atoms in total. The highest BCUT2D eigenvalue weighted by molar-refractivity contribution is 6.40. The molecule has 0 fully saturated rings. The molecular weight excluding hydrogens is 151 g/mol. The minimum absolute atomic E-state index is 0.194. The van der Waals surface area contributed by atoms with Crippen molar-refractivity contribution in [3.63, 3.8) is 0 Å². The lowest BCUT2D eigenvalue weighted by atomic mass is 11.4. The number of aromatic amines is 1. The van der Waals surface area contributed by atoms with Crippen LogP contribution < -0.4 is 0 Å². The average Bonchev–Trinajstić information content (AvgIpc) is 2.17. The van der Waals surface area contributed by atoms with Crippen molar-refractivity contribution in [2.24, 2.45) is 0 Å². The van der Waals surface area contributed by atoms with E-state index in [0.717, 1.165) is 0 Å². The molecule has 1 heterocycles. The molecular formula is C2H4Cl2N4. The van der Waals surface area contributed by atoms with Crippen LogP contribution in [0.5, 0.6) is 0 Å². The molecule has 1 aromatic heterocycles. The number of nitrogens with zero attached hydrogens (tertiary/aromatic N) is 3. The normalized spacial score (nSPS) is 7.25. The monoisotopic (exact) mass is 154 g/mol. The number of alkyl halides is 2. The molecule has 0 spiro atoms. The first-order chi connectivity index (χ1) is 3.91. The topological polar surface area (TPSA) is 54.5 Å². The molecule has 0 saturated carbocycles. The molecule has 1 aromatic rings. The summed E-state index contributed by atoms with van der Waals surface area (Å²) in [5.74, 6) is 0. The third-order valence-electron chi connectivity index (χ3n) is 0.270. The Morgan fingerprint density at radius 1 is 1.50 bits per heavy atom. The van der Waals surface area contributed by atoms with Crippen LogP contribution in [-0.4, -0.2) is 26.0 Å². The first-order valence-electron chi connectivity index (χ1n) is 1.70. The summed E-state index contributed by atoms with van der Waals surface area (Å²) in [6, 6.07) is 0. The summed E-state index contributed by atoms with van der Waals surface area (Å²) < 4.78 is 0. The van der Waals surface area contributed by atoms with Crippen LogP contribution in [0, 0.1) is 0 Å². The molecule has 1 N–H and O–H groups in total. The van der Waals surface area contributed by atoms with Gasteiger partial charge in [0.05, 0.1) is 5.34 Å². The van der Waals surface area contributed by atoms with E-state index in [1.807, 2.05) is 0 Å². The van der Waals surface area contributed by atoms with Crippen molar-refractivity contribution in [3.8, 4) is 0 Å². The summed E-state index contributed by atoms with van der Waals surface area (Å²) >= 11 is 9.53. The molecule has 0 aliphatic heterocycles. The van der Waals surface area contributed by atoms with E-state index in [4.69, 9.17) is 23.2 Å². The van der Waals surface area contributed by atoms with Gasteiger partial charge >= 0.3 is 0 Å². The number of H-pyrrole nitrogens is 1. The van der Waals surface area contributed by atoms with Gasteiger partial charge in [-0.1, -0.05) is 5.21 Å². The lowest BCUT2D eigenvalue weighted by molar-refractivity contribution is 0.881. The standard InChI is InChI=1S/CH2Cl2.CH2N4/c2-1-3;1-2-4-5-3-1/h1H2;1H,(H,2,3,4,5). The van der Waals surface area contributed by atoms with Crippen molar-refractivity contribution in [1.82, 2.24) is 20.6 Å². The van der Waals surface area contributed by atoms with Gasteiger partial charge in [0.15, 0.2) is 6.33 Å². The average molecular weight is 155 g/mol. The molecule has 8 heavy (non-hydrogen) atoms. The third-order valence-corrected chi connectivity index (χ3v) is 0.270. The number of tetrazole rings is 1. The maximum absolute atomic E-state index is 4.76. The summed E-state index contributed by atoms with van der Waals surface area (Å²) in [5.41, 5.74) is 0. The second-order valence-corrected chi connectivity index (χ2v) is 1.47. The van der Waals surface area contributed by atoms with Crippen LogP contribution in [0.15, 0.2) is 6.33 Å². The second kappa shape index (κ2) is 6.65. The van der Waals surface area contributed by atoms with Gasteiger partial charge in [-0.15, -0.1) is 33.4 Å². The lowest BCUT2D eigenvalue weighted by Gasteiger charge is -1.44. The van der Waals surface area contributed by atoms with Gasteiger partial charge in [-0.05, 0) is 0 Å². The molecule has 0 atom stereocenters. The third kappa shape index (κ3) is 5.65. The summed E-state index contributed by atoms with van der Waals surface area (Å²) in [6.45, 7) is 0. The van der Waals surface area contributed by atoms with Gasteiger partial charge in [0, 0.05) is 0 Å². The smallest absolute Gasteiger partial charge is 0.161 e. The minimum atomic E-state index is 0.194. The number of rotatable bonds is 0. The van der Waals surface area contributed by atoms with Crippen molar-refractivity contribution in [3.05, 3.63) is 6.33 Å². The van der Waals surface area contributed by atoms with Crippen LogP contribution in [0.1, 0.15) is 0 Å². The second-order valence-electron chi connectivity index (χ2n) is 0.661. The van der Waals surface area contributed by atoms with Crippen molar-refractivity contribution in [2.75, 3.05) is 5.34 Å². The van der Waals surface area contributed by atoms with E-state index in [2.05, 4.69) is 20.6 Å². The Morgan fingerprint density at radius 2 is 2.12 bits per heavy atom. The largest absolute Gasteiger partial charge is 0.177 e. The molecule has 0 bridgehead atoms. The zero-order valence-corrected chi connectivity index (χ0v) is 5.39. The van der Waals surface area contributed by atoms with Crippen LogP contribution >= 0.6 is 23.2 Å². The van der Waals surface area contributed by atoms with Gasteiger partial charge in [0.25, 0.3) is 0 Å². The summed E-state index contributed by atoms with van der Waals surface area (Å²) in [5, 5.41) is 12.4. The minimum Gasteiger partial charge on any atom is -0.177 e. The molecule has 0 aromatic carbocycles. The van der Waals surface area contributed by atoms with E-state index >= 15 is 0 Å². The molecule has 46 valence electrons. The van der Waals surface area contributed by atoms with Crippen LogP contribution in [-0.2, 0) is 0 Å². The van der Waals surface area contributed by atoms with Crippen LogP contribution in [0.3, 0.4) is 0 Å². The van der Waals surface area contributed by atoms with Crippen LogP contribution in [0.25, 0.3) is 0 Å². The summed E-state index contributed by atoms with van der Waals surface area (Å²) in [4.78, 5) is 0. The molecule has 1 rings (SSSR count). The van der Waals surface area contributed by atoms with Gasteiger partial charge in [-0.2, -0.15) is 5.21 Å². The van der Waals surface area contributed by atoms with Gasteiger partial charge < -0.3 is 0 Å². The Kier molecular flexibility index (Phi) is 6.36. The quantitative estimate of drug-likeness (QED) is 0.558. The van der Waals surface area contributed by atoms with E-state index in [-0.39, 0.29) is 5.34 Å². The van der Waals surface area contributed by atoms with Crippen LogP contribution in [0.2, 0.25) is 0 Å². The van der Waals surface area contributed by atoms with Gasteiger partial charge in [-0.25, -0.2) is 0 Å². The molecule has 0 amide bonds. The Bertz CT molecular complexity index is 78.9. The number of aromatic nitrogens is 4. The maximum Gasteiger partial charge on any atom is 0.161 e. The van der Waals surface area contributed by atoms with Crippen molar-refractivity contribution in [1.29, 1.82) is 0 Å². The van der Waals surface area contributed by atoms with E-state index in [9.17, 15) is 0 Å². The van der Waals surface area contributed by atoms with E-state index < -0.39 is 0 Å². The fourth-order valence-electron chi connectivity index (χ4n) is 0.129. The first kappa shape index (κ1) is 7.65. The molecule has 0 unspecified atom stereocenters. The Hall–Kier alpha value is -0.350. The Morgan fingerprint density at radius 3 is 2.25 bits per heavy atom. The van der Waals surface area contributed by atoms with E-state index in [1.54, 1.807) is 0 Å². The van der Waals surface area contributed by atoms with Crippen molar-refractivity contribution < 1.29 is 0 Å². The highest BCUT2D eigenvalue weighted by Crippen LogP contribution is 1.73.